The average molecular weight is 520 g/mol. The summed E-state index contributed by atoms with van der Waals surface area (Å²) in [6.45, 7) is 4.21. The van der Waals surface area contributed by atoms with Gasteiger partial charge in [-0.05, 0) is 72.3 Å². The first kappa shape index (κ1) is 23.2. The maximum Gasteiger partial charge on any atom is 0.344 e. The number of hydrogen-bond donors (Lipinski definition) is 1. The Morgan fingerprint density at radius 3 is 2.60 bits per heavy atom. The molecule has 7 nitrogen and oxygen atoms in total. The smallest absolute Gasteiger partial charge is 0.344 e. The van der Waals surface area contributed by atoms with Crippen LogP contribution in [0, 0.1) is 14.9 Å². The van der Waals surface area contributed by atoms with E-state index in [1.165, 1.54) is 6.08 Å². The second-order valence-electron chi connectivity index (χ2n) is 5.87. The van der Waals surface area contributed by atoms with E-state index < -0.39 is 11.9 Å². The van der Waals surface area contributed by atoms with Gasteiger partial charge in [0.1, 0.15) is 23.1 Å². The molecule has 156 valence electrons. The molecule has 2 aromatic rings. The fraction of sp³-hybridized carbons (Fsp3) is 0.227. The molecule has 30 heavy (non-hydrogen) atoms. The highest BCUT2D eigenvalue weighted by Crippen LogP contribution is 2.24. The van der Waals surface area contributed by atoms with Gasteiger partial charge in [-0.25, -0.2) is 4.79 Å². The molecular formula is C22H21IN2O5. The van der Waals surface area contributed by atoms with Crippen LogP contribution >= 0.6 is 22.6 Å². The van der Waals surface area contributed by atoms with Gasteiger partial charge in [-0.1, -0.05) is 12.1 Å². The Bertz CT molecular complexity index is 982. The monoisotopic (exact) mass is 520 g/mol. The summed E-state index contributed by atoms with van der Waals surface area (Å²) in [4.78, 5) is 23.9. The number of halogens is 1. The summed E-state index contributed by atoms with van der Waals surface area (Å²) in [5.41, 5.74) is 1.13. The quantitative estimate of drug-likeness (QED) is 0.231. The minimum Gasteiger partial charge on any atom is -0.494 e. The van der Waals surface area contributed by atoms with Crippen molar-refractivity contribution >= 4 is 46.2 Å². The number of nitriles is 1. The first-order chi connectivity index (χ1) is 14.5. The van der Waals surface area contributed by atoms with Gasteiger partial charge in [-0.15, -0.1) is 0 Å². The van der Waals surface area contributed by atoms with Gasteiger partial charge < -0.3 is 19.5 Å². The molecular weight excluding hydrogens is 499 g/mol. The van der Waals surface area contributed by atoms with Crippen molar-refractivity contribution in [2.24, 2.45) is 0 Å². The van der Waals surface area contributed by atoms with Crippen molar-refractivity contribution < 1.29 is 23.8 Å². The number of hydrogen-bond acceptors (Lipinski definition) is 6. The van der Waals surface area contributed by atoms with Crippen molar-refractivity contribution in [1.82, 2.24) is 0 Å². The lowest BCUT2D eigenvalue weighted by molar-refractivity contribution is -0.145. The van der Waals surface area contributed by atoms with Crippen molar-refractivity contribution in [2.75, 3.05) is 25.1 Å². The van der Waals surface area contributed by atoms with E-state index in [1.807, 2.05) is 13.0 Å². The highest BCUT2D eigenvalue weighted by molar-refractivity contribution is 14.1. The number of rotatable bonds is 9. The Balaban J connectivity index is 2.10. The Kier molecular flexibility index (Phi) is 9.15. The van der Waals surface area contributed by atoms with Crippen LogP contribution in [0.4, 0.5) is 5.69 Å². The minimum atomic E-state index is -0.524. The predicted octanol–water partition coefficient (Wildman–Crippen LogP) is 4.18. The first-order valence-corrected chi connectivity index (χ1v) is 10.3. The van der Waals surface area contributed by atoms with E-state index in [2.05, 4.69) is 27.9 Å². The first-order valence-electron chi connectivity index (χ1n) is 9.20. The molecule has 0 bridgehead atoms. The van der Waals surface area contributed by atoms with Gasteiger partial charge in [0.2, 0.25) is 0 Å². The minimum absolute atomic E-state index is 0.0483. The number of anilines is 1. The molecule has 0 fully saturated rings. The van der Waals surface area contributed by atoms with Gasteiger partial charge in [0.15, 0.2) is 6.61 Å². The van der Waals surface area contributed by atoms with Crippen molar-refractivity contribution in [3.8, 4) is 17.6 Å². The van der Waals surface area contributed by atoms with Crippen LogP contribution in [0.1, 0.15) is 19.4 Å². The fourth-order valence-electron chi connectivity index (χ4n) is 2.41. The van der Waals surface area contributed by atoms with Gasteiger partial charge in [0.25, 0.3) is 5.91 Å². The average Bonchev–Trinajstić information content (AvgIpc) is 2.72. The molecule has 2 aromatic carbocycles. The number of nitrogens with one attached hydrogen (secondary N) is 1. The van der Waals surface area contributed by atoms with E-state index in [4.69, 9.17) is 14.2 Å². The zero-order valence-corrected chi connectivity index (χ0v) is 18.8. The third-order valence-corrected chi connectivity index (χ3v) is 4.53. The second-order valence-corrected chi connectivity index (χ2v) is 7.03. The van der Waals surface area contributed by atoms with Crippen molar-refractivity contribution in [2.45, 2.75) is 13.8 Å². The molecule has 8 heteroatoms. The topological polar surface area (TPSA) is 97.7 Å². The van der Waals surface area contributed by atoms with Crippen LogP contribution in [0.2, 0.25) is 0 Å². The van der Waals surface area contributed by atoms with Crippen LogP contribution in [0.25, 0.3) is 6.08 Å². The number of ether oxygens (including phenoxy) is 3. The van der Waals surface area contributed by atoms with Crippen LogP contribution in [0.5, 0.6) is 11.5 Å². The molecule has 0 heterocycles. The third kappa shape index (κ3) is 7.08. The number of carbonyl (C=O) groups is 2. The van der Waals surface area contributed by atoms with E-state index in [0.29, 0.717) is 29.4 Å². The molecule has 0 aliphatic rings. The number of nitrogens with zero attached hydrogens (tertiary/aromatic N) is 1. The molecule has 0 saturated carbocycles. The SMILES string of the molecule is CCOC(=O)COc1ccc(/C=C(/C#N)C(=O)Nc2cccc(OCC)c2)cc1I. The van der Waals surface area contributed by atoms with Gasteiger partial charge in [0, 0.05) is 11.8 Å². The van der Waals surface area contributed by atoms with E-state index >= 15 is 0 Å². The molecule has 0 aliphatic heterocycles. The van der Waals surface area contributed by atoms with E-state index in [0.717, 1.165) is 3.57 Å². The Morgan fingerprint density at radius 1 is 1.13 bits per heavy atom. The second kappa shape index (κ2) is 11.8. The zero-order valence-electron chi connectivity index (χ0n) is 16.6. The highest BCUT2D eigenvalue weighted by Gasteiger charge is 2.12. The van der Waals surface area contributed by atoms with Crippen LogP contribution in [-0.2, 0) is 14.3 Å². The number of amides is 1. The summed E-state index contributed by atoms with van der Waals surface area (Å²) >= 11 is 2.06. The highest BCUT2D eigenvalue weighted by atomic mass is 127. The molecule has 0 aliphatic carbocycles. The molecule has 1 N–H and O–H groups in total. The molecule has 0 aromatic heterocycles. The summed E-state index contributed by atoms with van der Waals surface area (Å²) in [6.07, 6.45) is 1.49. The van der Waals surface area contributed by atoms with Gasteiger partial charge in [0.05, 0.1) is 16.8 Å². The van der Waals surface area contributed by atoms with E-state index in [1.54, 1.807) is 49.4 Å². The van der Waals surface area contributed by atoms with Crippen LogP contribution in [0.3, 0.4) is 0 Å². The van der Waals surface area contributed by atoms with Crippen LogP contribution in [-0.4, -0.2) is 31.7 Å². The standard InChI is InChI=1S/C22H21IN2O5/c1-3-28-18-7-5-6-17(12-18)25-22(27)16(13-24)10-15-8-9-20(19(23)11-15)30-14-21(26)29-4-2/h5-12H,3-4,14H2,1-2H3,(H,25,27)/b16-10-. The van der Waals surface area contributed by atoms with Crippen LogP contribution in [0.15, 0.2) is 48.0 Å². The summed E-state index contributed by atoms with van der Waals surface area (Å²) in [7, 11) is 0. The van der Waals surface area contributed by atoms with Crippen molar-refractivity contribution in [1.29, 1.82) is 5.26 Å². The molecule has 0 radical (unpaired) electrons. The number of benzene rings is 2. The maximum atomic E-state index is 12.5. The van der Waals surface area contributed by atoms with Gasteiger partial charge in [-0.2, -0.15) is 5.26 Å². The molecule has 0 spiro atoms. The third-order valence-electron chi connectivity index (χ3n) is 3.69. The Hall–Kier alpha value is -3.06. The molecule has 0 atom stereocenters. The normalized spacial score (nSPS) is 10.7. The fourth-order valence-corrected chi connectivity index (χ4v) is 3.10. The number of esters is 1. The van der Waals surface area contributed by atoms with Crippen LogP contribution < -0.4 is 14.8 Å². The predicted molar refractivity (Wildman–Crippen MR) is 121 cm³/mol. The molecule has 0 unspecified atom stereocenters. The maximum absolute atomic E-state index is 12.5. The van der Waals surface area contributed by atoms with Crippen molar-refractivity contribution in [3.63, 3.8) is 0 Å². The molecule has 2 rings (SSSR count). The lowest BCUT2D eigenvalue weighted by atomic mass is 10.1. The number of carbonyl (C=O) groups excluding carboxylic acids is 2. The summed E-state index contributed by atoms with van der Waals surface area (Å²) in [6, 6.07) is 14.0. The van der Waals surface area contributed by atoms with E-state index in [-0.39, 0.29) is 18.8 Å². The summed E-state index contributed by atoms with van der Waals surface area (Å²) in [5, 5.41) is 12.1. The van der Waals surface area contributed by atoms with Gasteiger partial charge in [-0.3, -0.25) is 4.79 Å². The molecule has 0 saturated heterocycles. The molecule has 1 amide bonds. The zero-order chi connectivity index (χ0) is 21.9. The van der Waals surface area contributed by atoms with Crippen molar-refractivity contribution in [3.05, 3.63) is 57.2 Å². The summed E-state index contributed by atoms with van der Waals surface area (Å²) in [5.74, 6) is 0.167. The van der Waals surface area contributed by atoms with Gasteiger partial charge >= 0.3 is 5.97 Å². The lowest BCUT2D eigenvalue weighted by Crippen LogP contribution is -2.15. The van der Waals surface area contributed by atoms with E-state index in [9.17, 15) is 14.9 Å². The summed E-state index contributed by atoms with van der Waals surface area (Å²) < 4.78 is 16.4. The Labute approximate surface area is 188 Å². The lowest BCUT2D eigenvalue weighted by Gasteiger charge is -2.09. The largest absolute Gasteiger partial charge is 0.494 e. The Morgan fingerprint density at radius 2 is 1.93 bits per heavy atom.